The number of carbonyl (C=O) groups excluding carboxylic acids is 2. The van der Waals surface area contributed by atoms with E-state index in [1.807, 2.05) is 24.3 Å². The summed E-state index contributed by atoms with van der Waals surface area (Å²) >= 11 is 1.30. The molecule has 0 saturated carbocycles. The lowest BCUT2D eigenvalue weighted by molar-refractivity contribution is -0.124. The Morgan fingerprint density at radius 1 is 1.15 bits per heavy atom. The minimum absolute atomic E-state index is 0.320. The van der Waals surface area contributed by atoms with E-state index in [0.29, 0.717) is 37.0 Å². The first-order valence-electron chi connectivity index (χ1n) is 8.10. The molecule has 0 unspecified atom stereocenters. The number of esters is 1. The summed E-state index contributed by atoms with van der Waals surface area (Å²) in [5.41, 5.74) is 0.926. The summed E-state index contributed by atoms with van der Waals surface area (Å²) in [5, 5.41) is 2.59. The van der Waals surface area contributed by atoms with Gasteiger partial charge in [-0.25, -0.2) is 4.79 Å². The molecule has 0 bridgehead atoms. The smallest absolute Gasteiger partial charge is 0.348 e. The maximum atomic E-state index is 12.1. The van der Waals surface area contributed by atoms with E-state index in [1.165, 1.54) is 11.3 Å². The van der Waals surface area contributed by atoms with E-state index in [2.05, 4.69) is 5.32 Å². The Morgan fingerprint density at radius 3 is 2.77 bits per heavy atom. The first kappa shape index (κ1) is 18.2. The monoisotopic (exact) mass is 377 g/mol. The summed E-state index contributed by atoms with van der Waals surface area (Å²) in [6.45, 7) is 1.52. The second-order valence-electron chi connectivity index (χ2n) is 5.44. The van der Waals surface area contributed by atoms with E-state index in [9.17, 15) is 9.59 Å². The molecule has 0 saturated heterocycles. The SMILES string of the molecule is COCCNC(=O)COC(=O)c1ccc(-c2ccc3c(c2)OCCO3)s1. The van der Waals surface area contributed by atoms with Gasteiger partial charge in [-0.05, 0) is 35.9 Å². The zero-order valence-corrected chi connectivity index (χ0v) is 15.1. The largest absolute Gasteiger partial charge is 0.486 e. The molecule has 0 spiro atoms. The number of fused-ring (bicyclic) bond motifs is 1. The van der Waals surface area contributed by atoms with Gasteiger partial charge >= 0.3 is 5.97 Å². The Balaban J connectivity index is 1.59. The number of rotatable bonds is 7. The van der Waals surface area contributed by atoms with Crippen LogP contribution < -0.4 is 14.8 Å². The van der Waals surface area contributed by atoms with Crippen LogP contribution >= 0.6 is 11.3 Å². The lowest BCUT2D eigenvalue weighted by Crippen LogP contribution is -2.31. The van der Waals surface area contributed by atoms with Gasteiger partial charge in [-0.3, -0.25) is 4.79 Å². The van der Waals surface area contributed by atoms with Crippen molar-refractivity contribution in [3.8, 4) is 21.9 Å². The zero-order chi connectivity index (χ0) is 18.4. The molecule has 1 aliphatic rings. The molecule has 2 heterocycles. The van der Waals surface area contributed by atoms with Gasteiger partial charge in [0.05, 0.1) is 6.61 Å². The summed E-state index contributed by atoms with van der Waals surface area (Å²) in [6, 6.07) is 9.18. The second kappa shape index (κ2) is 8.68. The summed E-state index contributed by atoms with van der Waals surface area (Å²) in [4.78, 5) is 25.0. The van der Waals surface area contributed by atoms with E-state index in [1.54, 1.807) is 13.2 Å². The Bertz CT molecular complexity index is 788. The molecule has 1 amide bonds. The number of methoxy groups -OCH3 is 1. The Morgan fingerprint density at radius 2 is 1.96 bits per heavy atom. The molecule has 0 atom stereocenters. The Labute approximate surface area is 154 Å². The Kier molecular flexibility index (Phi) is 6.08. The summed E-state index contributed by atoms with van der Waals surface area (Å²) < 4.78 is 20.9. The van der Waals surface area contributed by atoms with Crippen molar-refractivity contribution in [3.05, 3.63) is 35.2 Å². The van der Waals surface area contributed by atoms with Gasteiger partial charge in [0.25, 0.3) is 5.91 Å². The molecule has 0 fully saturated rings. The van der Waals surface area contributed by atoms with Crippen molar-refractivity contribution in [3.63, 3.8) is 0 Å². The van der Waals surface area contributed by atoms with E-state index in [4.69, 9.17) is 18.9 Å². The molecular formula is C18H19NO6S. The molecular weight excluding hydrogens is 358 g/mol. The average Bonchev–Trinajstić information content (AvgIpc) is 3.16. The van der Waals surface area contributed by atoms with Crippen molar-refractivity contribution in [1.29, 1.82) is 0 Å². The molecule has 2 aromatic rings. The van der Waals surface area contributed by atoms with Gasteiger partial charge in [-0.15, -0.1) is 11.3 Å². The Hall–Kier alpha value is -2.58. The molecule has 1 aromatic heterocycles. The van der Waals surface area contributed by atoms with Crippen LogP contribution in [0.15, 0.2) is 30.3 Å². The van der Waals surface area contributed by atoms with Gasteiger partial charge in [-0.2, -0.15) is 0 Å². The van der Waals surface area contributed by atoms with Crippen LogP contribution in [-0.4, -0.2) is 52.0 Å². The quantitative estimate of drug-likeness (QED) is 0.588. The van der Waals surface area contributed by atoms with Crippen LogP contribution in [0.2, 0.25) is 0 Å². The fourth-order valence-corrected chi connectivity index (χ4v) is 3.24. The summed E-state index contributed by atoms with van der Waals surface area (Å²) in [7, 11) is 1.54. The van der Waals surface area contributed by atoms with Crippen molar-refractivity contribution >= 4 is 23.2 Å². The number of hydrogen-bond donors (Lipinski definition) is 1. The molecule has 0 aliphatic carbocycles. The number of amides is 1. The van der Waals surface area contributed by atoms with Gasteiger partial charge in [0.1, 0.15) is 18.1 Å². The first-order chi connectivity index (χ1) is 12.7. The van der Waals surface area contributed by atoms with Crippen LogP contribution in [0.3, 0.4) is 0 Å². The molecule has 1 N–H and O–H groups in total. The normalized spacial score (nSPS) is 12.5. The highest BCUT2D eigenvalue weighted by atomic mass is 32.1. The van der Waals surface area contributed by atoms with E-state index in [0.717, 1.165) is 16.2 Å². The van der Waals surface area contributed by atoms with Crippen LogP contribution in [0, 0.1) is 0 Å². The molecule has 0 radical (unpaired) electrons. The fraction of sp³-hybridized carbons (Fsp3) is 0.333. The van der Waals surface area contributed by atoms with E-state index >= 15 is 0 Å². The van der Waals surface area contributed by atoms with E-state index in [-0.39, 0.29) is 12.5 Å². The fourth-order valence-electron chi connectivity index (χ4n) is 2.35. The second-order valence-corrected chi connectivity index (χ2v) is 6.52. The highest BCUT2D eigenvalue weighted by molar-refractivity contribution is 7.17. The number of hydrogen-bond acceptors (Lipinski definition) is 7. The van der Waals surface area contributed by atoms with Gasteiger partial charge in [0, 0.05) is 18.5 Å². The number of ether oxygens (including phenoxy) is 4. The molecule has 26 heavy (non-hydrogen) atoms. The molecule has 7 nitrogen and oxygen atoms in total. The van der Waals surface area contributed by atoms with Crippen LogP contribution in [0.25, 0.3) is 10.4 Å². The topological polar surface area (TPSA) is 83.1 Å². The maximum absolute atomic E-state index is 12.1. The summed E-state index contributed by atoms with van der Waals surface area (Å²) in [6.07, 6.45) is 0. The lowest BCUT2D eigenvalue weighted by Gasteiger charge is -2.18. The molecule has 1 aromatic carbocycles. The van der Waals surface area contributed by atoms with Crippen molar-refractivity contribution in [2.24, 2.45) is 0 Å². The molecule has 1 aliphatic heterocycles. The minimum atomic E-state index is -0.527. The van der Waals surface area contributed by atoms with Crippen molar-refractivity contribution in [2.45, 2.75) is 0 Å². The number of nitrogens with one attached hydrogen (secondary N) is 1. The molecule has 3 rings (SSSR count). The molecule has 138 valence electrons. The number of carbonyl (C=O) groups is 2. The highest BCUT2D eigenvalue weighted by Gasteiger charge is 2.16. The third-order valence-electron chi connectivity index (χ3n) is 3.60. The standard InChI is InChI=1S/C18H19NO6S/c1-22-7-6-19-17(20)11-25-18(21)16-5-4-15(26-16)12-2-3-13-14(10-12)24-9-8-23-13/h2-5,10H,6-9,11H2,1H3,(H,19,20). The maximum Gasteiger partial charge on any atom is 0.348 e. The van der Waals surface area contributed by atoms with Gasteiger partial charge in [0.15, 0.2) is 18.1 Å². The minimum Gasteiger partial charge on any atom is -0.486 e. The van der Waals surface area contributed by atoms with Gasteiger partial charge in [-0.1, -0.05) is 0 Å². The third kappa shape index (κ3) is 4.53. The zero-order valence-electron chi connectivity index (χ0n) is 14.3. The predicted molar refractivity (Wildman–Crippen MR) is 95.9 cm³/mol. The van der Waals surface area contributed by atoms with Gasteiger partial charge in [0.2, 0.25) is 0 Å². The third-order valence-corrected chi connectivity index (χ3v) is 4.71. The van der Waals surface area contributed by atoms with Crippen molar-refractivity contribution in [1.82, 2.24) is 5.32 Å². The van der Waals surface area contributed by atoms with Crippen molar-refractivity contribution in [2.75, 3.05) is 40.1 Å². The van der Waals surface area contributed by atoms with Gasteiger partial charge < -0.3 is 24.3 Å². The number of benzene rings is 1. The highest BCUT2D eigenvalue weighted by Crippen LogP contribution is 2.36. The lowest BCUT2D eigenvalue weighted by atomic mass is 10.1. The first-order valence-corrected chi connectivity index (χ1v) is 8.91. The van der Waals surface area contributed by atoms with Crippen LogP contribution in [0.1, 0.15) is 9.67 Å². The summed E-state index contributed by atoms with van der Waals surface area (Å²) in [5.74, 6) is 0.523. The van der Waals surface area contributed by atoms with Crippen LogP contribution in [0.5, 0.6) is 11.5 Å². The van der Waals surface area contributed by atoms with Crippen LogP contribution in [0.4, 0.5) is 0 Å². The van der Waals surface area contributed by atoms with Crippen molar-refractivity contribution < 1.29 is 28.5 Å². The van der Waals surface area contributed by atoms with Crippen LogP contribution in [-0.2, 0) is 14.3 Å². The predicted octanol–water partition coefficient (Wildman–Crippen LogP) is 2.11. The number of thiophene rings is 1. The average molecular weight is 377 g/mol. The molecule has 8 heteroatoms. The van der Waals surface area contributed by atoms with E-state index < -0.39 is 5.97 Å².